The average Bonchev–Trinajstić information content (AvgIpc) is 2.95. The normalized spacial score (nSPS) is 12.0. The van der Waals surface area contributed by atoms with Crippen LogP contribution in [0.1, 0.15) is 19.4 Å². The molecule has 7 heteroatoms. The first-order valence-electron chi connectivity index (χ1n) is 6.90. The fourth-order valence-corrected chi connectivity index (χ4v) is 2.27. The summed E-state index contributed by atoms with van der Waals surface area (Å²) in [5.41, 5.74) is 0.937. The van der Waals surface area contributed by atoms with Crippen LogP contribution in [0.25, 0.3) is 0 Å². The van der Waals surface area contributed by atoms with Crippen molar-refractivity contribution in [2.45, 2.75) is 33.0 Å². The van der Waals surface area contributed by atoms with Gasteiger partial charge >= 0.3 is 0 Å². The first-order chi connectivity index (χ1) is 10.5. The lowest BCUT2D eigenvalue weighted by Crippen LogP contribution is -2.35. The molecule has 1 heterocycles. The van der Waals surface area contributed by atoms with Crippen LogP contribution in [0.2, 0.25) is 10.0 Å². The number of nitrogens with one attached hydrogen (secondary N) is 1. The Morgan fingerprint density at radius 1 is 1.45 bits per heavy atom. The van der Waals surface area contributed by atoms with Crippen LogP contribution in [0.5, 0.6) is 5.75 Å². The maximum absolute atomic E-state index is 12.0. The number of hydrogen-bond acceptors (Lipinski definition) is 3. The maximum atomic E-state index is 12.0. The number of aromatic nitrogens is 2. The highest BCUT2D eigenvalue weighted by Gasteiger charge is 2.16. The molecule has 0 aliphatic rings. The Labute approximate surface area is 139 Å². The molecular formula is C15H17Cl2N3O2. The van der Waals surface area contributed by atoms with E-state index in [1.54, 1.807) is 36.0 Å². The van der Waals surface area contributed by atoms with E-state index in [2.05, 4.69) is 10.4 Å². The van der Waals surface area contributed by atoms with Crippen LogP contribution >= 0.6 is 23.2 Å². The molecule has 2 aromatic rings. The molecule has 1 atom stereocenters. The van der Waals surface area contributed by atoms with Crippen molar-refractivity contribution in [3.8, 4) is 5.75 Å². The van der Waals surface area contributed by atoms with Crippen molar-refractivity contribution in [1.29, 1.82) is 0 Å². The molecule has 0 spiro atoms. The number of aryl methyl sites for hydroxylation is 1. The first-order valence-corrected chi connectivity index (χ1v) is 7.66. The second-order valence-corrected chi connectivity index (χ2v) is 5.60. The number of halogens is 2. The van der Waals surface area contributed by atoms with Gasteiger partial charge in [0.05, 0.1) is 11.2 Å². The van der Waals surface area contributed by atoms with E-state index < -0.39 is 6.10 Å². The van der Waals surface area contributed by atoms with E-state index in [1.807, 2.05) is 13.1 Å². The van der Waals surface area contributed by atoms with Gasteiger partial charge in [-0.2, -0.15) is 5.10 Å². The summed E-state index contributed by atoms with van der Waals surface area (Å²) in [5, 5.41) is 7.84. The van der Waals surface area contributed by atoms with E-state index in [4.69, 9.17) is 27.9 Å². The highest BCUT2D eigenvalue weighted by atomic mass is 35.5. The molecule has 0 bridgehead atoms. The Morgan fingerprint density at radius 3 is 2.86 bits per heavy atom. The number of rotatable bonds is 6. The Balaban J connectivity index is 1.88. The summed E-state index contributed by atoms with van der Waals surface area (Å²) in [6.07, 6.45) is 2.95. The molecule has 118 valence electrons. The van der Waals surface area contributed by atoms with Gasteiger partial charge in [-0.3, -0.25) is 9.48 Å². The van der Waals surface area contributed by atoms with Crippen LogP contribution in [0.15, 0.2) is 30.6 Å². The zero-order valence-corrected chi connectivity index (χ0v) is 13.9. The van der Waals surface area contributed by atoms with Gasteiger partial charge in [0.15, 0.2) is 6.10 Å². The highest BCUT2D eigenvalue weighted by Crippen LogP contribution is 2.28. The Bertz CT molecular complexity index is 658. The average molecular weight is 342 g/mol. The van der Waals surface area contributed by atoms with Crippen LogP contribution in [0, 0.1) is 0 Å². The van der Waals surface area contributed by atoms with Crippen molar-refractivity contribution in [3.05, 3.63) is 46.2 Å². The SMILES string of the molecule is CCn1cc(CNC(=O)C(C)Oc2ccc(Cl)cc2Cl)cn1. The second kappa shape index (κ2) is 7.51. The van der Waals surface area contributed by atoms with E-state index in [9.17, 15) is 4.79 Å². The van der Waals surface area contributed by atoms with Gasteiger partial charge in [0.1, 0.15) is 5.75 Å². The summed E-state index contributed by atoms with van der Waals surface area (Å²) in [7, 11) is 0. The summed E-state index contributed by atoms with van der Waals surface area (Å²) in [6, 6.07) is 4.87. The minimum Gasteiger partial charge on any atom is -0.479 e. The van der Waals surface area contributed by atoms with Gasteiger partial charge in [-0.25, -0.2) is 0 Å². The molecule has 0 aliphatic carbocycles. The lowest BCUT2D eigenvalue weighted by molar-refractivity contribution is -0.127. The molecule has 22 heavy (non-hydrogen) atoms. The summed E-state index contributed by atoms with van der Waals surface area (Å²) < 4.78 is 7.35. The van der Waals surface area contributed by atoms with E-state index in [0.717, 1.165) is 12.1 Å². The molecule has 1 unspecified atom stereocenters. The van der Waals surface area contributed by atoms with Crippen molar-refractivity contribution in [2.75, 3.05) is 0 Å². The van der Waals surface area contributed by atoms with Gasteiger partial charge in [-0.1, -0.05) is 23.2 Å². The lowest BCUT2D eigenvalue weighted by atomic mass is 10.3. The molecule has 5 nitrogen and oxygen atoms in total. The molecule has 0 saturated heterocycles. The van der Waals surface area contributed by atoms with Crippen LogP contribution in [-0.4, -0.2) is 21.8 Å². The van der Waals surface area contributed by atoms with Crippen LogP contribution in [0.4, 0.5) is 0 Å². The van der Waals surface area contributed by atoms with Gasteiger partial charge in [0.2, 0.25) is 0 Å². The molecule has 0 aliphatic heterocycles. The van der Waals surface area contributed by atoms with Crippen molar-refractivity contribution < 1.29 is 9.53 Å². The standard InChI is InChI=1S/C15H17Cl2N3O2/c1-3-20-9-11(8-19-20)7-18-15(21)10(2)22-14-5-4-12(16)6-13(14)17/h4-6,8-10H,3,7H2,1-2H3,(H,18,21). The summed E-state index contributed by atoms with van der Waals surface area (Å²) in [6.45, 7) is 4.86. The zero-order valence-electron chi connectivity index (χ0n) is 12.3. The van der Waals surface area contributed by atoms with Crippen molar-refractivity contribution >= 4 is 29.1 Å². The second-order valence-electron chi connectivity index (χ2n) is 4.76. The summed E-state index contributed by atoms with van der Waals surface area (Å²) >= 11 is 11.8. The van der Waals surface area contributed by atoms with Crippen LogP contribution in [-0.2, 0) is 17.9 Å². The van der Waals surface area contributed by atoms with Crippen molar-refractivity contribution in [3.63, 3.8) is 0 Å². The minimum absolute atomic E-state index is 0.227. The summed E-state index contributed by atoms with van der Waals surface area (Å²) in [5.74, 6) is 0.197. The van der Waals surface area contributed by atoms with Gasteiger partial charge in [-0.05, 0) is 32.0 Å². The molecule has 2 rings (SSSR count). The molecule has 0 fully saturated rings. The molecule has 0 saturated carbocycles. The van der Waals surface area contributed by atoms with Gasteiger partial charge in [-0.15, -0.1) is 0 Å². The van der Waals surface area contributed by atoms with E-state index in [-0.39, 0.29) is 5.91 Å². The number of ether oxygens (including phenoxy) is 1. The van der Waals surface area contributed by atoms with Crippen molar-refractivity contribution in [1.82, 2.24) is 15.1 Å². The van der Waals surface area contributed by atoms with Gasteiger partial charge in [0, 0.05) is 29.9 Å². The summed E-state index contributed by atoms with van der Waals surface area (Å²) in [4.78, 5) is 12.0. The Hall–Kier alpha value is -1.72. The largest absolute Gasteiger partial charge is 0.479 e. The van der Waals surface area contributed by atoms with Gasteiger partial charge in [0.25, 0.3) is 5.91 Å². The molecule has 1 amide bonds. The third-order valence-electron chi connectivity index (χ3n) is 3.04. The Kier molecular flexibility index (Phi) is 5.69. The Morgan fingerprint density at radius 2 is 2.23 bits per heavy atom. The smallest absolute Gasteiger partial charge is 0.261 e. The maximum Gasteiger partial charge on any atom is 0.261 e. The number of carbonyl (C=O) groups excluding carboxylic acids is 1. The monoisotopic (exact) mass is 341 g/mol. The zero-order chi connectivity index (χ0) is 16.1. The van der Waals surface area contributed by atoms with E-state index in [0.29, 0.717) is 22.3 Å². The molecular weight excluding hydrogens is 325 g/mol. The fourth-order valence-electron chi connectivity index (χ4n) is 1.82. The van der Waals surface area contributed by atoms with Crippen LogP contribution in [0.3, 0.4) is 0 Å². The van der Waals surface area contributed by atoms with Crippen LogP contribution < -0.4 is 10.1 Å². The van der Waals surface area contributed by atoms with Crippen molar-refractivity contribution in [2.24, 2.45) is 0 Å². The minimum atomic E-state index is -0.667. The number of carbonyl (C=O) groups is 1. The molecule has 1 N–H and O–H groups in total. The quantitative estimate of drug-likeness (QED) is 0.876. The topological polar surface area (TPSA) is 56.2 Å². The first kappa shape index (κ1) is 16.6. The number of amides is 1. The molecule has 0 radical (unpaired) electrons. The third kappa shape index (κ3) is 4.39. The van der Waals surface area contributed by atoms with E-state index >= 15 is 0 Å². The highest BCUT2D eigenvalue weighted by molar-refractivity contribution is 6.35. The predicted molar refractivity (Wildman–Crippen MR) is 86.3 cm³/mol. The molecule has 1 aromatic carbocycles. The predicted octanol–water partition coefficient (Wildman–Crippen LogP) is 3.29. The molecule has 1 aromatic heterocycles. The fraction of sp³-hybridized carbons (Fsp3) is 0.333. The number of hydrogen-bond donors (Lipinski definition) is 1. The lowest BCUT2D eigenvalue weighted by Gasteiger charge is -2.15. The van der Waals surface area contributed by atoms with Gasteiger partial charge < -0.3 is 10.1 Å². The third-order valence-corrected chi connectivity index (χ3v) is 3.57. The number of benzene rings is 1. The van der Waals surface area contributed by atoms with E-state index in [1.165, 1.54) is 0 Å². The number of nitrogens with zero attached hydrogens (tertiary/aromatic N) is 2.